The molecule has 3 heterocycles. The molecule has 0 saturated carbocycles. The van der Waals surface area contributed by atoms with Crippen LogP contribution in [-0.2, 0) is 6.54 Å². The van der Waals surface area contributed by atoms with E-state index in [4.69, 9.17) is 5.73 Å². The number of hydrogen-bond donors (Lipinski definition) is 2. The molecule has 3 rings (SSSR count). The number of likely N-dealkylation sites (tertiary alicyclic amines) is 1. The quantitative estimate of drug-likeness (QED) is 0.785. The Bertz CT molecular complexity index is 476. The molecule has 2 aliphatic rings. The summed E-state index contributed by atoms with van der Waals surface area (Å²) < 4.78 is 0. The van der Waals surface area contributed by atoms with Crippen molar-refractivity contribution >= 4 is 11.9 Å². The predicted octanol–water partition coefficient (Wildman–Crippen LogP) is -0.296. The lowest BCUT2D eigenvalue weighted by molar-refractivity contribution is 0.114. The number of nitrogen functional groups attached to an aromatic ring is 1. The Kier molecular flexibility index (Phi) is 3.71. The van der Waals surface area contributed by atoms with Gasteiger partial charge in [0.1, 0.15) is 5.82 Å². The summed E-state index contributed by atoms with van der Waals surface area (Å²) in [5, 5.41) is 3.49. The van der Waals surface area contributed by atoms with Crippen LogP contribution in [0.15, 0.2) is 0 Å². The van der Waals surface area contributed by atoms with E-state index in [-0.39, 0.29) is 0 Å². The van der Waals surface area contributed by atoms with Crippen molar-refractivity contribution in [2.45, 2.75) is 25.4 Å². The van der Waals surface area contributed by atoms with Gasteiger partial charge in [0.25, 0.3) is 0 Å². The lowest BCUT2D eigenvalue weighted by Gasteiger charge is -2.36. The van der Waals surface area contributed by atoms with Gasteiger partial charge in [0.05, 0.1) is 6.54 Å². The van der Waals surface area contributed by atoms with Gasteiger partial charge >= 0.3 is 0 Å². The molecular weight excluding hydrogens is 254 g/mol. The molecule has 2 fully saturated rings. The van der Waals surface area contributed by atoms with Gasteiger partial charge in [0.15, 0.2) is 0 Å². The number of nitrogens with one attached hydrogen (secondary N) is 1. The molecule has 0 spiro atoms. The van der Waals surface area contributed by atoms with Gasteiger partial charge in [-0.05, 0) is 31.8 Å². The summed E-state index contributed by atoms with van der Waals surface area (Å²) in [7, 11) is 3.83. The van der Waals surface area contributed by atoms with Gasteiger partial charge in [-0.3, -0.25) is 4.90 Å². The van der Waals surface area contributed by atoms with Crippen molar-refractivity contribution in [3.63, 3.8) is 0 Å². The van der Waals surface area contributed by atoms with Crippen LogP contribution in [0.1, 0.15) is 18.7 Å². The summed E-state index contributed by atoms with van der Waals surface area (Å²) in [6, 6.07) is 0.615. The zero-order chi connectivity index (χ0) is 14.1. The third kappa shape index (κ3) is 2.69. The van der Waals surface area contributed by atoms with Crippen LogP contribution in [0.3, 0.4) is 0 Å². The highest BCUT2D eigenvalue weighted by molar-refractivity contribution is 5.32. The molecule has 7 nitrogen and oxygen atoms in total. The highest BCUT2D eigenvalue weighted by Crippen LogP contribution is 2.27. The molecule has 20 heavy (non-hydrogen) atoms. The molecule has 0 aromatic carbocycles. The van der Waals surface area contributed by atoms with Crippen molar-refractivity contribution in [1.29, 1.82) is 0 Å². The van der Waals surface area contributed by atoms with E-state index >= 15 is 0 Å². The van der Waals surface area contributed by atoms with Crippen LogP contribution in [0.5, 0.6) is 0 Å². The molecule has 7 heteroatoms. The molecule has 1 aromatic heterocycles. The Morgan fingerprint density at radius 3 is 2.95 bits per heavy atom. The van der Waals surface area contributed by atoms with Crippen LogP contribution < -0.4 is 16.0 Å². The van der Waals surface area contributed by atoms with Crippen LogP contribution in [0, 0.1) is 5.92 Å². The summed E-state index contributed by atoms with van der Waals surface area (Å²) in [4.78, 5) is 17.3. The number of rotatable bonds is 3. The van der Waals surface area contributed by atoms with Crippen LogP contribution >= 0.6 is 0 Å². The van der Waals surface area contributed by atoms with E-state index in [1.54, 1.807) is 0 Å². The fourth-order valence-corrected chi connectivity index (χ4v) is 3.24. The van der Waals surface area contributed by atoms with Gasteiger partial charge in [0.2, 0.25) is 11.9 Å². The van der Waals surface area contributed by atoms with E-state index in [0.717, 1.165) is 37.9 Å². The van der Waals surface area contributed by atoms with Crippen molar-refractivity contribution < 1.29 is 0 Å². The van der Waals surface area contributed by atoms with E-state index in [1.807, 2.05) is 19.0 Å². The van der Waals surface area contributed by atoms with E-state index in [1.165, 1.54) is 12.8 Å². The van der Waals surface area contributed by atoms with Gasteiger partial charge in [0, 0.05) is 26.7 Å². The minimum atomic E-state index is 0.303. The second kappa shape index (κ2) is 5.49. The lowest BCUT2D eigenvalue weighted by Crippen LogP contribution is -2.44. The van der Waals surface area contributed by atoms with Crippen LogP contribution in [0.4, 0.5) is 11.9 Å². The summed E-state index contributed by atoms with van der Waals surface area (Å²) in [6.07, 6.45) is 2.58. The topological polar surface area (TPSA) is 83.2 Å². The molecule has 2 atom stereocenters. The number of hydrogen-bond acceptors (Lipinski definition) is 7. The van der Waals surface area contributed by atoms with Gasteiger partial charge in [-0.1, -0.05) is 0 Å². The number of anilines is 2. The first-order valence-electron chi connectivity index (χ1n) is 7.26. The molecule has 0 bridgehead atoms. The van der Waals surface area contributed by atoms with Gasteiger partial charge in [-0.25, -0.2) is 0 Å². The molecule has 3 N–H and O–H groups in total. The van der Waals surface area contributed by atoms with Crippen molar-refractivity contribution in [2.24, 2.45) is 5.92 Å². The number of piperidine rings is 1. The molecular formula is C13H23N7. The first-order chi connectivity index (χ1) is 9.63. The number of fused-ring (bicyclic) bond motifs is 1. The molecule has 0 radical (unpaired) electrons. The smallest absolute Gasteiger partial charge is 0.229 e. The second-order valence-corrected chi connectivity index (χ2v) is 5.90. The molecule has 2 saturated heterocycles. The summed E-state index contributed by atoms with van der Waals surface area (Å²) in [5.74, 6) is 2.48. The van der Waals surface area contributed by atoms with Crippen molar-refractivity contribution in [1.82, 2.24) is 25.2 Å². The van der Waals surface area contributed by atoms with E-state index in [2.05, 4.69) is 25.2 Å². The van der Waals surface area contributed by atoms with Gasteiger partial charge in [-0.15, -0.1) is 0 Å². The standard InChI is InChI=1S/C13H23N7/c1-19(2)13-17-11(16-12(14)18-13)8-20-5-3-4-9-6-15-7-10(9)20/h9-10,15H,3-8H2,1-2H3,(H2,14,16,17,18). The van der Waals surface area contributed by atoms with E-state index in [0.29, 0.717) is 17.9 Å². The highest BCUT2D eigenvalue weighted by Gasteiger charge is 2.35. The van der Waals surface area contributed by atoms with Crippen LogP contribution in [-0.4, -0.2) is 59.6 Å². The molecule has 2 unspecified atom stereocenters. The fraction of sp³-hybridized carbons (Fsp3) is 0.769. The normalized spacial score (nSPS) is 26.5. The Balaban J connectivity index is 1.76. The Morgan fingerprint density at radius 2 is 2.15 bits per heavy atom. The molecule has 110 valence electrons. The second-order valence-electron chi connectivity index (χ2n) is 5.90. The monoisotopic (exact) mass is 277 g/mol. The summed E-state index contributed by atoms with van der Waals surface area (Å²) >= 11 is 0. The number of nitrogens with zero attached hydrogens (tertiary/aromatic N) is 5. The maximum Gasteiger partial charge on any atom is 0.229 e. The van der Waals surface area contributed by atoms with Crippen molar-refractivity contribution in [3.8, 4) is 0 Å². The Hall–Kier alpha value is -1.47. The first kappa shape index (κ1) is 13.5. The largest absolute Gasteiger partial charge is 0.368 e. The van der Waals surface area contributed by atoms with Crippen molar-refractivity contribution in [2.75, 3.05) is 44.4 Å². The first-order valence-corrected chi connectivity index (χ1v) is 7.26. The van der Waals surface area contributed by atoms with Gasteiger partial charge in [-0.2, -0.15) is 15.0 Å². The lowest BCUT2D eigenvalue weighted by atomic mass is 9.92. The van der Waals surface area contributed by atoms with Gasteiger partial charge < -0.3 is 16.0 Å². The molecule has 1 aromatic rings. The van der Waals surface area contributed by atoms with E-state index in [9.17, 15) is 0 Å². The molecule has 0 amide bonds. The SMILES string of the molecule is CN(C)c1nc(N)nc(CN2CCCC3CNCC32)n1. The fourth-order valence-electron chi connectivity index (χ4n) is 3.24. The summed E-state index contributed by atoms with van der Waals surface area (Å²) in [6.45, 7) is 4.09. The molecule has 0 aliphatic carbocycles. The van der Waals surface area contributed by atoms with Crippen LogP contribution in [0.25, 0.3) is 0 Å². The number of nitrogens with two attached hydrogens (primary N) is 1. The zero-order valence-corrected chi connectivity index (χ0v) is 12.2. The zero-order valence-electron chi connectivity index (χ0n) is 12.2. The average molecular weight is 277 g/mol. The minimum absolute atomic E-state index is 0.303. The van der Waals surface area contributed by atoms with Crippen molar-refractivity contribution in [3.05, 3.63) is 5.82 Å². The third-order valence-electron chi connectivity index (χ3n) is 4.23. The Labute approximate surface area is 119 Å². The maximum atomic E-state index is 5.79. The van der Waals surface area contributed by atoms with Crippen LogP contribution in [0.2, 0.25) is 0 Å². The minimum Gasteiger partial charge on any atom is -0.368 e. The van der Waals surface area contributed by atoms with E-state index < -0.39 is 0 Å². The predicted molar refractivity (Wildman–Crippen MR) is 78.4 cm³/mol. The third-order valence-corrected chi connectivity index (χ3v) is 4.23. The number of aromatic nitrogens is 3. The highest BCUT2D eigenvalue weighted by atomic mass is 15.3. The Morgan fingerprint density at radius 1 is 1.30 bits per heavy atom. The maximum absolute atomic E-state index is 5.79. The summed E-state index contributed by atoms with van der Waals surface area (Å²) in [5.41, 5.74) is 5.79. The molecule has 2 aliphatic heterocycles. The average Bonchev–Trinajstić information content (AvgIpc) is 2.87.